The van der Waals surface area contributed by atoms with Crippen LogP contribution >= 0.6 is 11.8 Å². The Morgan fingerprint density at radius 2 is 2.08 bits per heavy atom. The van der Waals surface area contributed by atoms with Crippen LogP contribution in [0.2, 0.25) is 0 Å². The Labute approximate surface area is 156 Å². The molecule has 0 aliphatic carbocycles. The Balaban J connectivity index is 1.45. The molecule has 1 saturated heterocycles. The average Bonchev–Trinajstić information content (AvgIpc) is 3.31. The topological polar surface area (TPSA) is 84.7 Å². The van der Waals surface area contributed by atoms with Crippen molar-refractivity contribution in [3.63, 3.8) is 0 Å². The van der Waals surface area contributed by atoms with Gasteiger partial charge in [-0.2, -0.15) is 5.10 Å². The number of nitrogens with one attached hydrogen (secondary N) is 1. The summed E-state index contributed by atoms with van der Waals surface area (Å²) in [6, 6.07) is 4.10. The van der Waals surface area contributed by atoms with Crippen LogP contribution in [0, 0.1) is 0 Å². The van der Waals surface area contributed by atoms with E-state index in [2.05, 4.69) is 30.3 Å². The van der Waals surface area contributed by atoms with Gasteiger partial charge in [-0.25, -0.2) is 19.9 Å². The summed E-state index contributed by atoms with van der Waals surface area (Å²) in [4.78, 5) is 20.1. The fourth-order valence-electron chi connectivity index (χ4n) is 2.98. The van der Waals surface area contributed by atoms with Gasteiger partial charge in [0.05, 0.1) is 11.9 Å². The molecule has 0 bridgehead atoms. The van der Waals surface area contributed by atoms with Crippen LogP contribution in [0.3, 0.4) is 0 Å². The molecule has 0 spiro atoms. The van der Waals surface area contributed by atoms with Gasteiger partial charge >= 0.3 is 0 Å². The van der Waals surface area contributed by atoms with E-state index >= 15 is 0 Å². The molecule has 1 unspecified atom stereocenters. The third-order valence-electron chi connectivity index (χ3n) is 4.29. The first-order valence-electron chi connectivity index (χ1n) is 8.42. The van der Waals surface area contributed by atoms with E-state index in [1.165, 1.54) is 0 Å². The van der Waals surface area contributed by atoms with Gasteiger partial charge < -0.3 is 10.2 Å². The summed E-state index contributed by atoms with van der Waals surface area (Å²) < 4.78 is 1.77. The molecule has 1 aliphatic heterocycles. The van der Waals surface area contributed by atoms with E-state index in [0.717, 1.165) is 41.7 Å². The van der Waals surface area contributed by atoms with E-state index in [0.29, 0.717) is 5.95 Å². The SMILES string of the molecule is CSc1ccnc(NC2CCN(c3nccc(-c4cnn(C)c4)n3)C2)n1. The van der Waals surface area contributed by atoms with Gasteiger partial charge in [-0.3, -0.25) is 4.68 Å². The van der Waals surface area contributed by atoms with Crippen molar-refractivity contribution in [3.05, 3.63) is 36.9 Å². The monoisotopic (exact) mass is 368 g/mol. The molecule has 4 heterocycles. The fraction of sp³-hybridized carbons (Fsp3) is 0.353. The molecule has 3 aromatic rings. The molecule has 3 aromatic heterocycles. The third-order valence-corrected chi connectivity index (χ3v) is 4.93. The molecule has 9 heteroatoms. The van der Waals surface area contributed by atoms with Crippen molar-refractivity contribution in [1.29, 1.82) is 0 Å². The Bertz CT molecular complexity index is 896. The van der Waals surface area contributed by atoms with Crippen LogP contribution in [0.25, 0.3) is 11.3 Å². The molecule has 4 rings (SSSR count). The van der Waals surface area contributed by atoms with Crippen molar-refractivity contribution in [3.8, 4) is 11.3 Å². The Hall–Kier alpha value is -2.68. The van der Waals surface area contributed by atoms with E-state index in [-0.39, 0.29) is 6.04 Å². The maximum absolute atomic E-state index is 4.71. The first-order chi connectivity index (χ1) is 12.7. The lowest BCUT2D eigenvalue weighted by molar-refractivity contribution is 0.768. The maximum Gasteiger partial charge on any atom is 0.225 e. The molecule has 26 heavy (non-hydrogen) atoms. The number of anilines is 2. The predicted molar refractivity (Wildman–Crippen MR) is 102 cm³/mol. The minimum Gasteiger partial charge on any atom is -0.350 e. The van der Waals surface area contributed by atoms with Crippen molar-refractivity contribution < 1.29 is 0 Å². The van der Waals surface area contributed by atoms with Crippen LogP contribution in [-0.2, 0) is 7.05 Å². The molecule has 0 aromatic carbocycles. The lowest BCUT2D eigenvalue weighted by Crippen LogP contribution is -2.27. The molecular formula is C17H20N8S. The van der Waals surface area contributed by atoms with Gasteiger partial charge in [0.2, 0.25) is 11.9 Å². The van der Waals surface area contributed by atoms with Gasteiger partial charge in [-0.05, 0) is 24.8 Å². The van der Waals surface area contributed by atoms with E-state index in [9.17, 15) is 0 Å². The molecule has 0 radical (unpaired) electrons. The van der Waals surface area contributed by atoms with Gasteiger partial charge in [-0.15, -0.1) is 11.8 Å². The number of hydrogen-bond donors (Lipinski definition) is 1. The molecule has 1 N–H and O–H groups in total. The molecule has 1 atom stereocenters. The highest BCUT2D eigenvalue weighted by atomic mass is 32.2. The van der Waals surface area contributed by atoms with E-state index in [4.69, 9.17) is 4.98 Å². The fourth-order valence-corrected chi connectivity index (χ4v) is 3.36. The second-order valence-corrected chi connectivity index (χ2v) is 6.97. The third kappa shape index (κ3) is 3.62. The summed E-state index contributed by atoms with van der Waals surface area (Å²) in [5, 5.41) is 8.59. The summed E-state index contributed by atoms with van der Waals surface area (Å²) in [6.07, 6.45) is 10.4. The van der Waals surface area contributed by atoms with Crippen LogP contribution in [0.5, 0.6) is 0 Å². The summed E-state index contributed by atoms with van der Waals surface area (Å²) in [7, 11) is 1.90. The zero-order valence-electron chi connectivity index (χ0n) is 14.7. The first-order valence-corrected chi connectivity index (χ1v) is 9.64. The highest BCUT2D eigenvalue weighted by Crippen LogP contribution is 2.22. The summed E-state index contributed by atoms with van der Waals surface area (Å²) >= 11 is 1.61. The van der Waals surface area contributed by atoms with E-state index in [1.54, 1.807) is 28.8 Å². The highest BCUT2D eigenvalue weighted by Gasteiger charge is 2.25. The number of aromatic nitrogens is 6. The minimum absolute atomic E-state index is 0.276. The summed E-state index contributed by atoms with van der Waals surface area (Å²) in [6.45, 7) is 1.72. The number of aryl methyl sites for hydroxylation is 1. The van der Waals surface area contributed by atoms with Crippen LogP contribution in [0.4, 0.5) is 11.9 Å². The van der Waals surface area contributed by atoms with Crippen LogP contribution in [-0.4, -0.2) is 55.1 Å². The zero-order valence-corrected chi connectivity index (χ0v) is 15.5. The summed E-state index contributed by atoms with van der Waals surface area (Å²) in [5.41, 5.74) is 1.88. The van der Waals surface area contributed by atoms with Crippen LogP contribution in [0.1, 0.15) is 6.42 Å². The van der Waals surface area contributed by atoms with E-state index < -0.39 is 0 Å². The molecular weight excluding hydrogens is 348 g/mol. The van der Waals surface area contributed by atoms with Crippen molar-refractivity contribution >= 4 is 23.7 Å². The smallest absolute Gasteiger partial charge is 0.225 e. The van der Waals surface area contributed by atoms with Crippen molar-refractivity contribution in [1.82, 2.24) is 29.7 Å². The van der Waals surface area contributed by atoms with Crippen molar-refractivity contribution in [2.24, 2.45) is 7.05 Å². The Morgan fingerprint density at radius 1 is 1.19 bits per heavy atom. The molecule has 8 nitrogen and oxygen atoms in total. The molecule has 1 fully saturated rings. The molecule has 0 amide bonds. The Morgan fingerprint density at radius 3 is 2.88 bits per heavy atom. The van der Waals surface area contributed by atoms with E-state index in [1.807, 2.05) is 37.8 Å². The van der Waals surface area contributed by atoms with Crippen LogP contribution in [0.15, 0.2) is 41.9 Å². The van der Waals surface area contributed by atoms with Gasteiger partial charge in [0.1, 0.15) is 5.03 Å². The first kappa shape index (κ1) is 16.8. The molecule has 1 aliphatic rings. The van der Waals surface area contributed by atoms with Crippen LogP contribution < -0.4 is 10.2 Å². The maximum atomic E-state index is 4.71. The summed E-state index contributed by atoms with van der Waals surface area (Å²) in [5.74, 6) is 1.42. The molecule has 0 saturated carbocycles. The lowest BCUT2D eigenvalue weighted by atomic mass is 10.2. The van der Waals surface area contributed by atoms with Gasteiger partial charge in [0.15, 0.2) is 0 Å². The predicted octanol–water partition coefficient (Wildman–Crippen LogP) is 2.08. The minimum atomic E-state index is 0.276. The van der Waals surface area contributed by atoms with Crippen molar-refractivity contribution in [2.45, 2.75) is 17.5 Å². The Kier molecular flexibility index (Phi) is 4.70. The van der Waals surface area contributed by atoms with Gasteiger partial charge in [-0.1, -0.05) is 0 Å². The highest BCUT2D eigenvalue weighted by molar-refractivity contribution is 7.98. The standard InChI is InChI=1S/C17H20N8S/c1-24-10-12(9-20-24)14-3-6-19-17(22-14)25-8-5-13(11-25)21-16-18-7-4-15(23-16)26-2/h3-4,6-7,9-10,13H,5,8,11H2,1-2H3,(H,18,21,23). The zero-order chi connectivity index (χ0) is 17.9. The second kappa shape index (κ2) is 7.28. The van der Waals surface area contributed by atoms with Gasteiger partial charge in [0, 0.05) is 50.3 Å². The lowest BCUT2D eigenvalue weighted by Gasteiger charge is -2.17. The largest absolute Gasteiger partial charge is 0.350 e. The van der Waals surface area contributed by atoms with Gasteiger partial charge in [0.25, 0.3) is 0 Å². The second-order valence-electron chi connectivity index (χ2n) is 6.14. The number of nitrogens with zero attached hydrogens (tertiary/aromatic N) is 7. The van der Waals surface area contributed by atoms with Crippen molar-refractivity contribution in [2.75, 3.05) is 29.6 Å². The normalized spacial score (nSPS) is 16.8. The molecule has 134 valence electrons. The quantitative estimate of drug-likeness (QED) is 0.541. The number of thioether (sulfide) groups is 1. The average molecular weight is 368 g/mol. The number of rotatable bonds is 5. The number of hydrogen-bond acceptors (Lipinski definition) is 8.